The average Bonchev–Trinajstić information content (AvgIpc) is 2.54. The molecule has 0 aliphatic carbocycles. The zero-order valence-electron chi connectivity index (χ0n) is 11.9. The third-order valence-electron chi connectivity index (χ3n) is 3.16. The van der Waals surface area contributed by atoms with Crippen molar-refractivity contribution < 1.29 is 9.53 Å². The van der Waals surface area contributed by atoms with E-state index in [4.69, 9.17) is 27.9 Å². The van der Waals surface area contributed by atoms with Gasteiger partial charge in [0.15, 0.2) is 6.61 Å². The number of para-hydroxylation sites is 1. The van der Waals surface area contributed by atoms with Gasteiger partial charge in [0.25, 0.3) is 5.91 Å². The van der Waals surface area contributed by atoms with Crippen LogP contribution in [0.15, 0.2) is 54.7 Å². The van der Waals surface area contributed by atoms with Crippen LogP contribution in [0.2, 0.25) is 10.0 Å². The lowest BCUT2D eigenvalue weighted by molar-refractivity contribution is -0.118. The van der Waals surface area contributed by atoms with Crippen LogP contribution in [0, 0.1) is 0 Å². The largest absolute Gasteiger partial charge is 0.482 e. The zero-order valence-corrected chi connectivity index (χ0v) is 13.4. The Hall–Kier alpha value is -2.30. The Morgan fingerprint density at radius 3 is 2.78 bits per heavy atom. The van der Waals surface area contributed by atoms with E-state index in [1.165, 1.54) is 0 Å². The lowest BCUT2D eigenvalue weighted by Gasteiger charge is -2.10. The minimum atomic E-state index is -0.297. The molecule has 23 heavy (non-hydrogen) atoms. The average molecular weight is 347 g/mol. The normalized spacial score (nSPS) is 10.5. The summed E-state index contributed by atoms with van der Waals surface area (Å²) in [5, 5.41) is 4.61. The Morgan fingerprint density at radius 2 is 1.96 bits per heavy atom. The predicted octanol–water partition coefficient (Wildman–Crippen LogP) is 4.56. The Kier molecular flexibility index (Phi) is 4.65. The highest BCUT2D eigenvalue weighted by Crippen LogP contribution is 2.27. The molecule has 1 N–H and O–H groups in total. The first-order chi connectivity index (χ1) is 11.1. The number of nitrogens with zero attached hydrogens (tertiary/aromatic N) is 1. The maximum Gasteiger partial charge on any atom is 0.262 e. The van der Waals surface area contributed by atoms with Crippen molar-refractivity contribution in [2.45, 2.75) is 0 Å². The van der Waals surface area contributed by atoms with Gasteiger partial charge in [-0.2, -0.15) is 0 Å². The highest BCUT2D eigenvalue weighted by atomic mass is 35.5. The van der Waals surface area contributed by atoms with Crippen molar-refractivity contribution >= 4 is 45.7 Å². The van der Waals surface area contributed by atoms with Crippen molar-refractivity contribution in [3.8, 4) is 5.75 Å². The van der Waals surface area contributed by atoms with Crippen LogP contribution in [0.3, 0.4) is 0 Å². The van der Waals surface area contributed by atoms with Gasteiger partial charge in [0, 0.05) is 16.6 Å². The van der Waals surface area contributed by atoms with Crippen LogP contribution in [-0.2, 0) is 4.79 Å². The second kappa shape index (κ2) is 6.86. The molecule has 0 fully saturated rings. The first-order valence-electron chi connectivity index (χ1n) is 6.85. The van der Waals surface area contributed by atoms with Gasteiger partial charge in [0.1, 0.15) is 5.75 Å². The fourth-order valence-corrected chi connectivity index (χ4v) is 2.59. The minimum absolute atomic E-state index is 0.162. The Balaban J connectivity index is 1.69. The SMILES string of the molecule is O=C(COc1ccc(Cl)cc1Cl)Nc1cccc2cccnc12. The number of hydrogen-bond donors (Lipinski definition) is 1. The summed E-state index contributed by atoms with van der Waals surface area (Å²) in [6, 6.07) is 14.2. The summed E-state index contributed by atoms with van der Waals surface area (Å²) in [7, 11) is 0. The first-order valence-corrected chi connectivity index (χ1v) is 7.60. The van der Waals surface area contributed by atoms with E-state index in [9.17, 15) is 4.79 Å². The summed E-state index contributed by atoms with van der Waals surface area (Å²) in [5.41, 5.74) is 1.37. The summed E-state index contributed by atoms with van der Waals surface area (Å²) in [6.45, 7) is -0.162. The number of nitrogens with one attached hydrogen (secondary N) is 1. The van der Waals surface area contributed by atoms with Crippen molar-refractivity contribution in [2.75, 3.05) is 11.9 Å². The molecule has 1 heterocycles. The number of halogens is 2. The van der Waals surface area contributed by atoms with Crippen molar-refractivity contribution in [1.29, 1.82) is 0 Å². The van der Waals surface area contributed by atoms with Gasteiger partial charge in [-0.15, -0.1) is 0 Å². The molecule has 0 saturated carbocycles. The monoisotopic (exact) mass is 346 g/mol. The molecule has 3 rings (SSSR count). The maximum absolute atomic E-state index is 12.1. The fraction of sp³-hybridized carbons (Fsp3) is 0.0588. The fourth-order valence-electron chi connectivity index (χ4n) is 2.13. The van der Waals surface area contributed by atoms with Gasteiger partial charge in [-0.25, -0.2) is 0 Å². The number of pyridine rings is 1. The van der Waals surface area contributed by atoms with Crippen LogP contribution in [-0.4, -0.2) is 17.5 Å². The van der Waals surface area contributed by atoms with Gasteiger partial charge >= 0.3 is 0 Å². The van der Waals surface area contributed by atoms with Crippen LogP contribution >= 0.6 is 23.2 Å². The van der Waals surface area contributed by atoms with Gasteiger partial charge in [0.05, 0.1) is 16.2 Å². The van der Waals surface area contributed by atoms with Crippen LogP contribution in [0.1, 0.15) is 0 Å². The highest BCUT2D eigenvalue weighted by molar-refractivity contribution is 6.35. The van der Waals surface area contributed by atoms with E-state index in [1.807, 2.05) is 24.3 Å². The second-order valence-corrected chi connectivity index (χ2v) is 5.64. The van der Waals surface area contributed by atoms with Crippen molar-refractivity contribution in [1.82, 2.24) is 4.98 Å². The number of fused-ring (bicyclic) bond motifs is 1. The number of hydrogen-bond acceptors (Lipinski definition) is 3. The lowest BCUT2D eigenvalue weighted by Crippen LogP contribution is -2.20. The number of anilines is 1. The molecule has 0 atom stereocenters. The van der Waals surface area contributed by atoms with E-state index in [-0.39, 0.29) is 12.5 Å². The summed E-state index contributed by atoms with van der Waals surface area (Å²) in [4.78, 5) is 16.4. The standard InChI is InChI=1S/C17H12Cl2N2O2/c18-12-6-7-15(13(19)9-12)23-10-16(22)21-14-5-1-3-11-4-2-8-20-17(11)14/h1-9H,10H2,(H,21,22). The number of ether oxygens (including phenoxy) is 1. The molecular formula is C17H12Cl2N2O2. The van der Waals surface area contributed by atoms with E-state index in [0.717, 1.165) is 10.9 Å². The molecule has 2 aromatic carbocycles. The molecule has 0 aliphatic rings. The molecule has 0 spiro atoms. The topological polar surface area (TPSA) is 51.2 Å². The molecule has 0 saturated heterocycles. The van der Waals surface area contributed by atoms with E-state index in [0.29, 0.717) is 21.5 Å². The van der Waals surface area contributed by atoms with Gasteiger partial charge in [-0.1, -0.05) is 41.4 Å². The van der Waals surface area contributed by atoms with E-state index in [2.05, 4.69) is 10.3 Å². The molecule has 1 amide bonds. The lowest BCUT2D eigenvalue weighted by atomic mass is 10.2. The number of rotatable bonds is 4. The molecule has 3 aromatic rings. The predicted molar refractivity (Wildman–Crippen MR) is 92.3 cm³/mol. The van der Waals surface area contributed by atoms with E-state index in [1.54, 1.807) is 30.5 Å². The van der Waals surface area contributed by atoms with E-state index < -0.39 is 0 Å². The van der Waals surface area contributed by atoms with Crippen LogP contribution in [0.25, 0.3) is 10.9 Å². The number of carbonyl (C=O) groups excluding carboxylic acids is 1. The van der Waals surface area contributed by atoms with Gasteiger partial charge < -0.3 is 10.1 Å². The Morgan fingerprint density at radius 1 is 1.13 bits per heavy atom. The third kappa shape index (κ3) is 3.73. The highest BCUT2D eigenvalue weighted by Gasteiger charge is 2.09. The van der Waals surface area contributed by atoms with Gasteiger partial charge in [-0.05, 0) is 30.3 Å². The van der Waals surface area contributed by atoms with Crippen molar-refractivity contribution in [3.63, 3.8) is 0 Å². The minimum Gasteiger partial charge on any atom is -0.482 e. The summed E-state index contributed by atoms with van der Waals surface area (Å²) in [5.74, 6) is 0.108. The number of aromatic nitrogens is 1. The summed E-state index contributed by atoms with van der Waals surface area (Å²) >= 11 is 11.8. The molecule has 6 heteroatoms. The van der Waals surface area contributed by atoms with Gasteiger partial charge in [0.2, 0.25) is 0 Å². The van der Waals surface area contributed by atoms with Gasteiger partial charge in [-0.3, -0.25) is 9.78 Å². The smallest absolute Gasteiger partial charge is 0.262 e. The molecule has 4 nitrogen and oxygen atoms in total. The number of carbonyl (C=O) groups is 1. The van der Waals surface area contributed by atoms with E-state index >= 15 is 0 Å². The number of amides is 1. The van der Waals surface area contributed by atoms with Crippen LogP contribution in [0.4, 0.5) is 5.69 Å². The van der Waals surface area contributed by atoms with Crippen LogP contribution < -0.4 is 10.1 Å². The molecule has 0 unspecified atom stereocenters. The first kappa shape index (κ1) is 15.6. The molecule has 0 bridgehead atoms. The Bertz CT molecular complexity index is 863. The van der Waals surface area contributed by atoms with Crippen LogP contribution in [0.5, 0.6) is 5.75 Å². The molecule has 0 aliphatic heterocycles. The van der Waals surface area contributed by atoms with Crippen molar-refractivity contribution in [3.05, 3.63) is 64.8 Å². The third-order valence-corrected chi connectivity index (χ3v) is 3.69. The summed E-state index contributed by atoms with van der Waals surface area (Å²) < 4.78 is 5.41. The maximum atomic E-state index is 12.1. The Labute approximate surface area is 143 Å². The quantitative estimate of drug-likeness (QED) is 0.753. The second-order valence-electron chi connectivity index (χ2n) is 4.79. The van der Waals surface area contributed by atoms with Crippen molar-refractivity contribution in [2.24, 2.45) is 0 Å². The molecule has 0 radical (unpaired) electrons. The number of benzene rings is 2. The molecule has 116 valence electrons. The molecular weight excluding hydrogens is 335 g/mol. The summed E-state index contributed by atoms with van der Waals surface area (Å²) in [6.07, 6.45) is 1.68. The molecule has 1 aromatic heterocycles. The zero-order chi connectivity index (χ0) is 16.2.